The zero-order valence-corrected chi connectivity index (χ0v) is 16.4. The predicted molar refractivity (Wildman–Crippen MR) is 110 cm³/mol. The normalized spacial score (nSPS) is 10.5. The molecule has 0 atom stereocenters. The molecule has 2 aromatic carbocycles. The second kappa shape index (κ2) is 8.64. The summed E-state index contributed by atoms with van der Waals surface area (Å²) in [7, 11) is 1.64. The Morgan fingerprint density at radius 3 is 2.48 bits per heavy atom. The van der Waals surface area contributed by atoms with Gasteiger partial charge in [0.2, 0.25) is 11.7 Å². The van der Waals surface area contributed by atoms with E-state index in [1.807, 2.05) is 67.3 Å². The fourth-order valence-corrected chi connectivity index (χ4v) is 2.82. The molecule has 0 aliphatic rings. The Labute approximate surface area is 164 Å². The molecule has 0 unspecified atom stereocenters. The highest BCUT2D eigenvalue weighted by molar-refractivity contribution is 7.80. The lowest BCUT2D eigenvalue weighted by Crippen LogP contribution is -2.34. The Hall–Kier alpha value is -2.93. The number of aryl methyl sites for hydroxylation is 1. The molecule has 0 radical (unpaired) electrons. The van der Waals surface area contributed by atoms with Crippen LogP contribution in [-0.2, 0) is 6.54 Å². The van der Waals surface area contributed by atoms with E-state index in [2.05, 4.69) is 15.5 Å². The largest absolute Gasteiger partial charge is 0.497 e. The number of nitrogens with zero attached hydrogens (tertiary/aromatic N) is 3. The Morgan fingerprint density at radius 1 is 1.15 bits per heavy atom. The highest BCUT2D eigenvalue weighted by Gasteiger charge is 2.14. The van der Waals surface area contributed by atoms with Crippen LogP contribution in [0.2, 0.25) is 0 Å². The first-order chi connectivity index (χ1) is 13.1. The minimum atomic E-state index is 0.442. The maximum Gasteiger partial charge on any atom is 0.246 e. The van der Waals surface area contributed by atoms with Crippen LogP contribution in [-0.4, -0.2) is 33.8 Å². The van der Waals surface area contributed by atoms with Gasteiger partial charge in [0.15, 0.2) is 5.11 Å². The average Bonchev–Trinajstić information content (AvgIpc) is 3.16. The minimum Gasteiger partial charge on any atom is -0.497 e. The lowest BCUT2D eigenvalue weighted by atomic mass is 10.1. The highest BCUT2D eigenvalue weighted by atomic mass is 32.1. The van der Waals surface area contributed by atoms with Crippen LogP contribution in [0.1, 0.15) is 18.4 Å². The number of rotatable bonds is 6. The molecule has 1 N–H and O–H groups in total. The van der Waals surface area contributed by atoms with Crippen molar-refractivity contribution in [2.24, 2.45) is 0 Å². The van der Waals surface area contributed by atoms with Gasteiger partial charge >= 0.3 is 0 Å². The fraction of sp³-hybridized carbons (Fsp3) is 0.250. The summed E-state index contributed by atoms with van der Waals surface area (Å²) in [5, 5.41) is 7.89. The third-order valence-electron chi connectivity index (χ3n) is 4.11. The van der Waals surface area contributed by atoms with Crippen LogP contribution in [0.5, 0.6) is 5.75 Å². The summed E-state index contributed by atoms with van der Waals surface area (Å²) in [6.45, 7) is 5.22. The Bertz CT molecular complexity index is 891. The molecule has 3 rings (SSSR count). The van der Waals surface area contributed by atoms with Crippen molar-refractivity contribution in [3.05, 3.63) is 60.0 Å². The van der Waals surface area contributed by atoms with Crippen LogP contribution in [0, 0.1) is 6.92 Å². The van der Waals surface area contributed by atoms with E-state index in [1.54, 1.807) is 7.11 Å². The number of thiocarbonyl (C=S) groups is 1. The second-order valence-corrected chi connectivity index (χ2v) is 6.44. The SMILES string of the molecule is CCN(Cc1nc(-c2ccc(C)cc2)no1)C(=S)Nc1ccc(OC)cc1. The predicted octanol–water partition coefficient (Wildman–Crippen LogP) is 4.27. The van der Waals surface area contributed by atoms with Gasteiger partial charge in [0.25, 0.3) is 0 Å². The molecule has 7 heteroatoms. The van der Waals surface area contributed by atoms with E-state index in [9.17, 15) is 0 Å². The zero-order valence-electron chi connectivity index (χ0n) is 15.6. The molecule has 0 spiro atoms. The molecule has 0 amide bonds. The summed E-state index contributed by atoms with van der Waals surface area (Å²) in [5.74, 6) is 1.90. The lowest BCUT2D eigenvalue weighted by Gasteiger charge is -2.22. The quantitative estimate of drug-likeness (QED) is 0.639. The first-order valence-corrected chi connectivity index (χ1v) is 9.09. The summed E-state index contributed by atoms with van der Waals surface area (Å²) in [4.78, 5) is 6.45. The first-order valence-electron chi connectivity index (χ1n) is 8.68. The van der Waals surface area contributed by atoms with E-state index >= 15 is 0 Å². The van der Waals surface area contributed by atoms with E-state index in [0.29, 0.717) is 29.9 Å². The van der Waals surface area contributed by atoms with Crippen LogP contribution < -0.4 is 10.1 Å². The molecule has 6 nitrogen and oxygen atoms in total. The zero-order chi connectivity index (χ0) is 19.2. The van der Waals surface area contributed by atoms with E-state index in [1.165, 1.54) is 5.56 Å². The van der Waals surface area contributed by atoms with Crippen LogP contribution in [0.25, 0.3) is 11.4 Å². The van der Waals surface area contributed by atoms with Crippen molar-refractivity contribution in [1.82, 2.24) is 15.0 Å². The van der Waals surface area contributed by atoms with Crippen molar-refractivity contribution in [2.75, 3.05) is 19.0 Å². The molecule has 3 aromatic rings. The number of anilines is 1. The molecule has 0 saturated carbocycles. The highest BCUT2D eigenvalue weighted by Crippen LogP contribution is 2.18. The van der Waals surface area contributed by atoms with Crippen molar-refractivity contribution in [2.45, 2.75) is 20.4 Å². The topological polar surface area (TPSA) is 63.4 Å². The number of hydrogen-bond acceptors (Lipinski definition) is 5. The van der Waals surface area contributed by atoms with Gasteiger partial charge in [-0.1, -0.05) is 35.0 Å². The smallest absolute Gasteiger partial charge is 0.246 e. The molecule has 0 saturated heterocycles. The molecule has 1 heterocycles. The van der Waals surface area contributed by atoms with Gasteiger partial charge in [-0.25, -0.2) is 0 Å². The number of nitrogens with one attached hydrogen (secondary N) is 1. The van der Waals surface area contributed by atoms with Crippen LogP contribution in [0.4, 0.5) is 5.69 Å². The number of benzene rings is 2. The molecule has 0 aliphatic heterocycles. The van der Waals surface area contributed by atoms with Gasteiger partial charge in [-0.15, -0.1) is 0 Å². The third-order valence-corrected chi connectivity index (χ3v) is 4.47. The van der Waals surface area contributed by atoms with Crippen LogP contribution in [0.15, 0.2) is 53.1 Å². The molecule has 140 valence electrons. The number of hydrogen-bond donors (Lipinski definition) is 1. The molecule has 0 aliphatic carbocycles. The fourth-order valence-electron chi connectivity index (χ4n) is 2.51. The average molecular weight is 382 g/mol. The van der Waals surface area contributed by atoms with Crippen LogP contribution >= 0.6 is 12.2 Å². The summed E-state index contributed by atoms with van der Waals surface area (Å²) >= 11 is 5.53. The summed E-state index contributed by atoms with van der Waals surface area (Å²) < 4.78 is 10.6. The van der Waals surface area contributed by atoms with Gasteiger partial charge in [0.05, 0.1) is 13.7 Å². The molecular formula is C20H22N4O2S. The van der Waals surface area contributed by atoms with Crippen molar-refractivity contribution in [3.63, 3.8) is 0 Å². The van der Waals surface area contributed by atoms with Crippen LogP contribution in [0.3, 0.4) is 0 Å². The number of aromatic nitrogens is 2. The lowest BCUT2D eigenvalue weighted by molar-refractivity contribution is 0.320. The van der Waals surface area contributed by atoms with Gasteiger partial charge in [0, 0.05) is 17.8 Å². The molecule has 27 heavy (non-hydrogen) atoms. The molecular weight excluding hydrogens is 360 g/mol. The van der Waals surface area contributed by atoms with Crippen molar-refractivity contribution in [1.29, 1.82) is 0 Å². The Morgan fingerprint density at radius 2 is 1.85 bits per heavy atom. The van der Waals surface area contributed by atoms with Gasteiger partial charge in [-0.2, -0.15) is 4.98 Å². The van der Waals surface area contributed by atoms with E-state index < -0.39 is 0 Å². The molecule has 0 bridgehead atoms. The van der Waals surface area contributed by atoms with Gasteiger partial charge in [0.1, 0.15) is 5.75 Å². The van der Waals surface area contributed by atoms with Gasteiger partial charge in [-0.3, -0.25) is 0 Å². The van der Waals surface area contributed by atoms with Gasteiger partial charge < -0.3 is 19.5 Å². The van der Waals surface area contributed by atoms with E-state index in [0.717, 1.165) is 17.0 Å². The molecule has 1 aromatic heterocycles. The van der Waals surface area contributed by atoms with Gasteiger partial charge in [-0.05, 0) is 50.3 Å². The third kappa shape index (κ3) is 4.83. The first kappa shape index (κ1) is 18.8. The van der Waals surface area contributed by atoms with E-state index in [-0.39, 0.29) is 0 Å². The second-order valence-electron chi connectivity index (χ2n) is 6.05. The molecule has 0 fully saturated rings. The summed E-state index contributed by atoms with van der Waals surface area (Å²) in [6, 6.07) is 15.6. The number of methoxy groups -OCH3 is 1. The van der Waals surface area contributed by atoms with Crippen molar-refractivity contribution < 1.29 is 9.26 Å². The summed E-state index contributed by atoms with van der Waals surface area (Å²) in [6.07, 6.45) is 0. The Kier molecular flexibility index (Phi) is 6.03. The van der Waals surface area contributed by atoms with E-state index in [4.69, 9.17) is 21.5 Å². The number of ether oxygens (including phenoxy) is 1. The van der Waals surface area contributed by atoms with Crippen molar-refractivity contribution in [3.8, 4) is 17.1 Å². The summed E-state index contributed by atoms with van der Waals surface area (Å²) in [5.41, 5.74) is 3.01. The van der Waals surface area contributed by atoms with Crippen molar-refractivity contribution >= 4 is 23.0 Å². The Balaban J connectivity index is 1.65. The maximum absolute atomic E-state index is 5.53. The minimum absolute atomic E-state index is 0.442. The monoisotopic (exact) mass is 382 g/mol. The standard InChI is InChI=1S/C20H22N4O2S/c1-4-24(20(27)21-16-9-11-17(25-3)12-10-16)13-18-22-19(23-26-18)15-7-5-14(2)6-8-15/h5-12H,4,13H2,1-3H3,(H,21,27). The maximum atomic E-state index is 5.53.